The molecule has 2 rings (SSSR count). The van der Waals surface area contributed by atoms with Gasteiger partial charge in [0.1, 0.15) is 16.7 Å². The summed E-state index contributed by atoms with van der Waals surface area (Å²) in [6.07, 6.45) is 2.43. The summed E-state index contributed by atoms with van der Waals surface area (Å²) in [5, 5.41) is 8.88. The Hall–Kier alpha value is -2.57. The smallest absolute Gasteiger partial charge is 0.387 e. The summed E-state index contributed by atoms with van der Waals surface area (Å²) in [7, 11) is -2.49. The van der Waals surface area contributed by atoms with Crippen molar-refractivity contribution in [2.75, 3.05) is 7.05 Å². The Balaban J connectivity index is 2.26. The maximum Gasteiger partial charge on any atom is 0.387 e. The van der Waals surface area contributed by atoms with E-state index in [0.717, 1.165) is 4.31 Å². The van der Waals surface area contributed by atoms with Gasteiger partial charge in [-0.1, -0.05) is 12.1 Å². The van der Waals surface area contributed by atoms with Gasteiger partial charge in [-0.3, -0.25) is 4.98 Å². The number of aromatic nitrogens is 1. The lowest BCUT2D eigenvalue weighted by Crippen LogP contribution is -2.30. The number of nitriles is 1. The van der Waals surface area contributed by atoms with Gasteiger partial charge in [0, 0.05) is 25.5 Å². The minimum Gasteiger partial charge on any atom is -0.435 e. The maximum atomic E-state index is 12.7. The van der Waals surface area contributed by atoms with Gasteiger partial charge in [-0.25, -0.2) is 8.42 Å². The number of hydrogen-bond donors (Lipinski definition) is 0. The topological polar surface area (TPSA) is 83.3 Å². The van der Waals surface area contributed by atoms with Crippen molar-refractivity contribution in [1.29, 1.82) is 5.26 Å². The number of ether oxygens (including phenoxy) is 1. The van der Waals surface area contributed by atoms with Gasteiger partial charge in [0.25, 0.3) is 0 Å². The summed E-state index contributed by atoms with van der Waals surface area (Å²) < 4.78 is 55.1. The Kier molecular flexibility index (Phi) is 5.66. The molecule has 0 spiro atoms. The minimum absolute atomic E-state index is 0.0117. The van der Waals surface area contributed by atoms with E-state index in [0.29, 0.717) is 5.56 Å². The van der Waals surface area contributed by atoms with Crippen LogP contribution >= 0.6 is 0 Å². The third-order valence-corrected chi connectivity index (χ3v) is 5.55. The molecule has 0 unspecified atom stereocenters. The normalized spacial score (nSPS) is 12.8. The van der Waals surface area contributed by atoms with E-state index in [-0.39, 0.29) is 16.2 Å². The number of benzene rings is 1. The van der Waals surface area contributed by atoms with E-state index in [9.17, 15) is 17.2 Å². The van der Waals surface area contributed by atoms with Crippen LogP contribution in [-0.2, 0) is 10.0 Å². The first-order valence-electron chi connectivity index (χ1n) is 7.13. The van der Waals surface area contributed by atoms with Crippen LogP contribution in [0.1, 0.15) is 24.1 Å². The lowest BCUT2D eigenvalue weighted by atomic mass is 10.1. The van der Waals surface area contributed by atoms with Crippen LogP contribution in [0.4, 0.5) is 8.78 Å². The van der Waals surface area contributed by atoms with Crippen molar-refractivity contribution in [3.63, 3.8) is 0 Å². The van der Waals surface area contributed by atoms with Crippen molar-refractivity contribution in [1.82, 2.24) is 9.29 Å². The molecular weight excluding hydrogens is 352 g/mol. The van der Waals surface area contributed by atoms with Crippen molar-refractivity contribution in [3.05, 3.63) is 53.9 Å². The van der Waals surface area contributed by atoms with Gasteiger partial charge in [0.2, 0.25) is 10.0 Å². The molecule has 0 aliphatic carbocycles. The minimum atomic E-state index is -3.88. The van der Waals surface area contributed by atoms with E-state index in [1.165, 1.54) is 49.8 Å². The second-order valence-electron chi connectivity index (χ2n) is 5.17. The van der Waals surface area contributed by atoms with E-state index >= 15 is 0 Å². The quantitative estimate of drug-likeness (QED) is 0.784. The second kappa shape index (κ2) is 7.55. The molecule has 0 bridgehead atoms. The predicted octanol–water partition coefficient (Wildman–Crippen LogP) is 2.94. The highest BCUT2D eigenvalue weighted by atomic mass is 32.2. The SMILES string of the molecule is C[C@@H](c1ccc(OC(F)F)cc1)N(C)S(=O)(=O)c1cncc(C#N)c1. The number of hydrogen-bond acceptors (Lipinski definition) is 5. The molecule has 0 saturated carbocycles. The Labute approximate surface area is 144 Å². The Morgan fingerprint density at radius 2 is 1.88 bits per heavy atom. The number of sulfonamides is 1. The lowest BCUT2D eigenvalue weighted by molar-refractivity contribution is -0.0498. The number of pyridine rings is 1. The van der Waals surface area contributed by atoms with E-state index in [4.69, 9.17) is 5.26 Å². The van der Waals surface area contributed by atoms with Crippen LogP contribution in [0.2, 0.25) is 0 Å². The van der Waals surface area contributed by atoms with Crippen molar-refractivity contribution in [2.45, 2.75) is 24.5 Å². The molecule has 25 heavy (non-hydrogen) atoms. The van der Waals surface area contributed by atoms with Crippen LogP contribution in [0.15, 0.2) is 47.6 Å². The first-order valence-corrected chi connectivity index (χ1v) is 8.57. The van der Waals surface area contributed by atoms with Gasteiger partial charge in [-0.05, 0) is 30.7 Å². The van der Waals surface area contributed by atoms with Crippen LogP contribution < -0.4 is 4.74 Å². The van der Waals surface area contributed by atoms with Crippen LogP contribution in [0, 0.1) is 11.3 Å². The molecule has 1 aromatic carbocycles. The fourth-order valence-corrected chi connectivity index (χ4v) is 3.47. The van der Waals surface area contributed by atoms with Crippen LogP contribution in [0.25, 0.3) is 0 Å². The zero-order valence-electron chi connectivity index (χ0n) is 13.4. The van der Waals surface area contributed by atoms with E-state index in [1.807, 2.05) is 6.07 Å². The van der Waals surface area contributed by atoms with Gasteiger partial charge in [-0.15, -0.1) is 0 Å². The third kappa shape index (κ3) is 4.29. The molecule has 0 saturated heterocycles. The molecular formula is C16H15F2N3O3S. The fourth-order valence-electron chi connectivity index (χ4n) is 2.13. The highest BCUT2D eigenvalue weighted by Gasteiger charge is 2.27. The van der Waals surface area contributed by atoms with Crippen molar-refractivity contribution >= 4 is 10.0 Å². The number of alkyl halides is 2. The summed E-state index contributed by atoms with van der Waals surface area (Å²) in [4.78, 5) is 3.66. The number of halogens is 2. The third-order valence-electron chi connectivity index (χ3n) is 3.65. The summed E-state index contributed by atoms with van der Waals surface area (Å²) >= 11 is 0. The summed E-state index contributed by atoms with van der Waals surface area (Å²) in [6.45, 7) is -1.27. The zero-order valence-corrected chi connectivity index (χ0v) is 14.2. The molecule has 2 aromatic rings. The average molecular weight is 367 g/mol. The molecule has 6 nitrogen and oxygen atoms in total. The largest absolute Gasteiger partial charge is 0.435 e. The average Bonchev–Trinajstić information content (AvgIpc) is 2.60. The molecule has 9 heteroatoms. The standard InChI is InChI=1S/C16H15F2N3O3S/c1-11(13-3-5-14(6-4-13)24-16(17)18)21(2)25(22,23)15-7-12(8-19)9-20-10-15/h3-7,9-11,16H,1-2H3/t11-/m0/s1. The fraction of sp³-hybridized carbons (Fsp3) is 0.250. The molecule has 1 heterocycles. The summed E-state index contributed by atoms with van der Waals surface area (Å²) in [6, 6.07) is 8.22. The monoisotopic (exact) mass is 367 g/mol. The molecule has 1 aromatic heterocycles. The molecule has 1 atom stereocenters. The predicted molar refractivity (Wildman–Crippen MR) is 85.4 cm³/mol. The van der Waals surface area contributed by atoms with Gasteiger partial charge >= 0.3 is 6.61 Å². The van der Waals surface area contributed by atoms with E-state index in [2.05, 4.69) is 9.72 Å². The molecule has 0 fully saturated rings. The van der Waals surface area contributed by atoms with Crippen LogP contribution in [0.3, 0.4) is 0 Å². The summed E-state index contributed by atoms with van der Waals surface area (Å²) in [5.41, 5.74) is 0.729. The molecule has 132 valence electrons. The number of rotatable bonds is 6. The molecule has 0 aliphatic heterocycles. The van der Waals surface area contributed by atoms with Gasteiger partial charge in [-0.2, -0.15) is 18.3 Å². The highest BCUT2D eigenvalue weighted by Crippen LogP contribution is 2.27. The van der Waals surface area contributed by atoms with E-state index < -0.39 is 22.7 Å². The first-order chi connectivity index (χ1) is 11.8. The molecule has 0 aliphatic rings. The van der Waals surface area contributed by atoms with Crippen molar-refractivity contribution in [3.8, 4) is 11.8 Å². The molecule has 0 amide bonds. The lowest BCUT2D eigenvalue weighted by Gasteiger charge is -2.24. The van der Waals surface area contributed by atoms with Crippen molar-refractivity contribution in [2.24, 2.45) is 0 Å². The van der Waals surface area contributed by atoms with Crippen molar-refractivity contribution < 1.29 is 21.9 Å². The first kappa shape index (κ1) is 18.8. The molecule has 0 N–H and O–H groups in total. The highest BCUT2D eigenvalue weighted by molar-refractivity contribution is 7.89. The second-order valence-corrected chi connectivity index (χ2v) is 7.16. The Morgan fingerprint density at radius 3 is 2.44 bits per heavy atom. The van der Waals surface area contributed by atoms with Crippen LogP contribution in [0.5, 0.6) is 5.75 Å². The zero-order chi connectivity index (χ0) is 18.6. The van der Waals surface area contributed by atoms with Gasteiger partial charge in [0.05, 0.1) is 5.56 Å². The van der Waals surface area contributed by atoms with Gasteiger partial charge in [0.15, 0.2) is 0 Å². The summed E-state index contributed by atoms with van der Waals surface area (Å²) in [5.74, 6) is -0.0117. The van der Waals surface area contributed by atoms with E-state index in [1.54, 1.807) is 6.92 Å². The molecule has 0 radical (unpaired) electrons. The number of nitrogens with zero attached hydrogens (tertiary/aromatic N) is 3. The Morgan fingerprint density at radius 1 is 1.24 bits per heavy atom. The maximum absolute atomic E-state index is 12.7. The Bertz CT molecular complexity index is 880. The van der Waals surface area contributed by atoms with Crippen LogP contribution in [-0.4, -0.2) is 31.4 Å². The van der Waals surface area contributed by atoms with Gasteiger partial charge < -0.3 is 4.74 Å².